The highest BCUT2D eigenvalue weighted by Gasteiger charge is 2.31. The van der Waals surface area contributed by atoms with Crippen molar-refractivity contribution in [3.8, 4) is 0 Å². The summed E-state index contributed by atoms with van der Waals surface area (Å²) in [5, 5.41) is 6.60. The molecule has 214 valence electrons. The fraction of sp³-hybridized carbons (Fsp3) is 0.200. The summed E-state index contributed by atoms with van der Waals surface area (Å²) in [5.41, 5.74) is 7.02. The van der Waals surface area contributed by atoms with Gasteiger partial charge in [0.05, 0.1) is 6.54 Å². The van der Waals surface area contributed by atoms with E-state index in [0.29, 0.717) is 47.8 Å². The first-order valence-electron chi connectivity index (χ1n) is 13.0. The smallest absolute Gasteiger partial charge is 0.276 e. The van der Waals surface area contributed by atoms with Crippen LogP contribution >= 0.6 is 11.6 Å². The van der Waals surface area contributed by atoms with Crippen LogP contribution in [0.5, 0.6) is 0 Å². The molecule has 0 unspecified atom stereocenters. The first-order valence-corrected chi connectivity index (χ1v) is 14.8. The molecule has 0 aliphatic carbocycles. The van der Waals surface area contributed by atoms with E-state index in [2.05, 4.69) is 10.6 Å². The Hall–Kier alpha value is -4.12. The summed E-state index contributed by atoms with van der Waals surface area (Å²) < 4.78 is 32.9. The van der Waals surface area contributed by atoms with Gasteiger partial charge in [-0.3, -0.25) is 9.59 Å². The number of primary amides is 1. The fourth-order valence-electron chi connectivity index (χ4n) is 4.20. The van der Waals surface area contributed by atoms with Gasteiger partial charge in [0, 0.05) is 41.0 Å². The number of benzene rings is 3. The van der Waals surface area contributed by atoms with Crippen molar-refractivity contribution in [2.24, 2.45) is 5.73 Å². The van der Waals surface area contributed by atoms with Crippen molar-refractivity contribution in [3.63, 3.8) is 0 Å². The van der Waals surface area contributed by atoms with E-state index in [4.69, 9.17) is 21.8 Å². The van der Waals surface area contributed by atoms with Crippen molar-refractivity contribution < 1.29 is 22.4 Å². The molecule has 0 spiro atoms. The maximum absolute atomic E-state index is 13.0. The molecule has 1 fully saturated rings. The predicted octanol–water partition coefficient (Wildman–Crippen LogP) is 4.91. The third-order valence-electron chi connectivity index (χ3n) is 6.42. The van der Waals surface area contributed by atoms with Crippen LogP contribution in [0.15, 0.2) is 107 Å². The minimum atomic E-state index is -3.72. The van der Waals surface area contributed by atoms with E-state index in [-0.39, 0.29) is 29.5 Å². The highest BCUT2D eigenvalue weighted by molar-refractivity contribution is 7.89. The van der Waals surface area contributed by atoms with Crippen molar-refractivity contribution in [2.45, 2.75) is 30.5 Å². The lowest BCUT2D eigenvalue weighted by Gasteiger charge is -2.31. The second-order valence-corrected chi connectivity index (χ2v) is 11.6. The van der Waals surface area contributed by atoms with Crippen molar-refractivity contribution in [1.82, 2.24) is 9.62 Å². The molecule has 0 radical (unpaired) electrons. The summed E-state index contributed by atoms with van der Waals surface area (Å²) in [6.45, 7) is 0.909. The number of rotatable bonds is 8. The number of nitrogens with zero attached hydrogens (tertiary/aromatic N) is 1. The number of halogens is 1. The number of sulfonamides is 1. The number of nitrogens with two attached hydrogens (primary N) is 1. The van der Waals surface area contributed by atoms with E-state index in [9.17, 15) is 18.0 Å². The molecule has 2 heterocycles. The number of furan rings is 1. The minimum absolute atomic E-state index is 0.0834. The van der Waals surface area contributed by atoms with E-state index in [0.717, 1.165) is 5.69 Å². The van der Waals surface area contributed by atoms with Gasteiger partial charge < -0.3 is 20.8 Å². The van der Waals surface area contributed by atoms with Crippen LogP contribution < -0.4 is 16.4 Å². The van der Waals surface area contributed by atoms with Crippen LogP contribution in [0.4, 0.5) is 5.69 Å². The molecule has 4 N–H and O–H groups in total. The van der Waals surface area contributed by atoms with Gasteiger partial charge in [0.25, 0.3) is 15.9 Å². The lowest BCUT2D eigenvalue weighted by molar-refractivity contribution is 0.0946. The van der Waals surface area contributed by atoms with E-state index in [1.54, 1.807) is 54.6 Å². The van der Waals surface area contributed by atoms with Gasteiger partial charge in [0.1, 0.15) is 5.76 Å². The lowest BCUT2D eigenvalue weighted by atomic mass is 10.1. The van der Waals surface area contributed by atoms with Gasteiger partial charge in [-0.2, -0.15) is 4.31 Å². The molecule has 41 heavy (non-hydrogen) atoms. The number of hydrogen-bond donors (Lipinski definition) is 3. The van der Waals surface area contributed by atoms with E-state index >= 15 is 0 Å². The Balaban J connectivity index is 0.000000367. The Morgan fingerprint density at radius 2 is 1.46 bits per heavy atom. The molecule has 5 rings (SSSR count). The molecule has 11 heteroatoms. The summed E-state index contributed by atoms with van der Waals surface area (Å²) in [5.74, 6) is -0.308. The predicted molar refractivity (Wildman–Crippen MR) is 158 cm³/mol. The van der Waals surface area contributed by atoms with Gasteiger partial charge in [-0.15, -0.1) is 0 Å². The minimum Gasteiger partial charge on any atom is -0.446 e. The van der Waals surface area contributed by atoms with Gasteiger partial charge in [-0.1, -0.05) is 48.0 Å². The van der Waals surface area contributed by atoms with Gasteiger partial charge in [-0.25, -0.2) is 8.42 Å². The molecular weight excluding hydrogens is 564 g/mol. The van der Waals surface area contributed by atoms with E-state index in [1.807, 2.05) is 36.4 Å². The molecule has 0 atom stereocenters. The highest BCUT2D eigenvalue weighted by atomic mass is 35.5. The SMILES string of the molecule is NC(=O)c1ccccc1.O=C(NCc1ccc(S(=O)(=O)N2CCC(Nc3ccccc3)CC2)o1)c1ccc(Cl)cc1. The number of hydrogen-bond acceptors (Lipinski definition) is 6. The average molecular weight is 595 g/mol. The Morgan fingerprint density at radius 1 is 0.854 bits per heavy atom. The fourth-order valence-corrected chi connectivity index (χ4v) is 5.73. The highest BCUT2D eigenvalue weighted by Crippen LogP contribution is 2.24. The van der Waals surface area contributed by atoms with Crippen LogP contribution in [0.3, 0.4) is 0 Å². The van der Waals surface area contributed by atoms with Crippen LogP contribution in [0.2, 0.25) is 5.02 Å². The zero-order valence-corrected chi connectivity index (χ0v) is 23.8. The molecule has 0 saturated carbocycles. The second kappa shape index (κ2) is 14.0. The molecular formula is C30H31ClN4O5S. The van der Waals surface area contributed by atoms with Crippen molar-refractivity contribution in [3.05, 3.63) is 119 Å². The normalized spacial score (nSPS) is 14.0. The first-order chi connectivity index (χ1) is 19.7. The summed E-state index contributed by atoms with van der Waals surface area (Å²) in [6.07, 6.45) is 1.41. The molecule has 1 saturated heterocycles. The molecule has 1 aliphatic rings. The monoisotopic (exact) mass is 594 g/mol. The zero-order valence-electron chi connectivity index (χ0n) is 22.2. The third kappa shape index (κ3) is 8.43. The van der Waals surface area contributed by atoms with Gasteiger partial charge in [-0.05, 0) is 73.5 Å². The average Bonchev–Trinajstić information content (AvgIpc) is 3.48. The lowest BCUT2D eigenvalue weighted by Crippen LogP contribution is -2.42. The van der Waals surface area contributed by atoms with Gasteiger partial charge in [0.15, 0.2) is 0 Å². The molecule has 1 aromatic heterocycles. The van der Waals surface area contributed by atoms with E-state index in [1.165, 1.54) is 10.4 Å². The number of anilines is 1. The molecule has 1 aliphatic heterocycles. The number of carbonyl (C=O) groups is 2. The summed E-state index contributed by atoms with van der Waals surface area (Å²) >= 11 is 5.83. The molecule has 0 bridgehead atoms. The van der Waals surface area contributed by atoms with Gasteiger partial charge >= 0.3 is 0 Å². The summed E-state index contributed by atoms with van der Waals surface area (Å²) in [7, 11) is -3.72. The summed E-state index contributed by atoms with van der Waals surface area (Å²) in [6, 6.07) is 28.4. The molecule has 2 amide bonds. The Morgan fingerprint density at radius 3 is 2.05 bits per heavy atom. The van der Waals surface area contributed by atoms with Crippen LogP contribution in [-0.4, -0.2) is 43.7 Å². The second-order valence-electron chi connectivity index (χ2n) is 9.33. The van der Waals surface area contributed by atoms with Crippen molar-refractivity contribution in [2.75, 3.05) is 18.4 Å². The van der Waals surface area contributed by atoms with Gasteiger partial charge in [0.2, 0.25) is 11.0 Å². The number of nitrogens with one attached hydrogen (secondary N) is 2. The number of para-hydroxylation sites is 1. The molecule has 9 nitrogen and oxygen atoms in total. The van der Waals surface area contributed by atoms with Crippen molar-refractivity contribution >= 4 is 39.1 Å². The quantitative estimate of drug-likeness (QED) is 0.265. The number of amides is 2. The first kappa shape index (κ1) is 29.9. The third-order valence-corrected chi connectivity index (χ3v) is 8.44. The van der Waals surface area contributed by atoms with Crippen LogP contribution in [-0.2, 0) is 16.6 Å². The van der Waals surface area contributed by atoms with Crippen LogP contribution in [0.25, 0.3) is 0 Å². The number of piperidine rings is 1. The largest absolute Gasteiger partial charge is 0.446 e. The number of carbonyl (C=O) groups excluding carboxylic acids is 2. The molecule has 4 aromatic rings. The van der Waals surface area contributed by atoms with Crippen molar-refractivity contribution in [1.29, 1.82) is 0 Å². The van der Waals surface area contributed by atoms with E-state index < -0.39 is 10.0 Å². The maximum atomic E-state index is 13.0. The topological polar surface area (TPSA) is 135 Å². The summed E-state index contributed by atoms with van der Waals surface area (Å²) in [4.78, 5) is 22.6. The maximum Gasteiger partial charge on any atom is 0.276 e. The standard InChI is InChI=1S/C23H24ClN3O4S.C7H7NO/c24-18-8-6-17(7-9-18)23(28)25-16-21-10-11-22(31-21)32(29,30)27-14-12-20(13-15-27)26-19-4-2-1-3-5-19;8-7(9)6-4-2-1-3-5-6/h1-11,20,26H,12-16H2,(H,25,28);1-5H,(H2,8,9). The molecule has 3 aromatic carbocycles. The zero-order chi connectivity index (χ0) is 29.2. The Kier molecular flexibility index (Phi) is 10.2. The Labute approximate surface area is 244 Å². The van der Waals surface area contributed by atoms with Crippen LogP contribution in [0.1, 0.15) is 39.3 Å². The Bertz CT molecular complexity index is 1540. The van der Waals surface area contributed by atoms with Crippen LogP contribution in [0, 0.1) is 0 Å².